The van der Waals surface area contributed by atoms with Gasteiger partial charge in [-0.25, -0.2) is 4.79 Å². The molecule has 0 bridgehead atoms. The van der Waals surface area contributed by atoms with Gasteiger partial charge in [0.25, 0.3) is 0 Å². The quantitative estimate of drug-likeness (QED) is 0.351. The van der Waals surface area contributed by atoms with Crippen LogP contribution in [0.2, 0.25) is 10.0 Å². The molecule has 0 aliphatic carbocycles. The van der Waals surface area contributed by atoms with E-state index >= 15 is 0 Å². The molecule has 0 fully saturated rings. The summed E-state index contributed by atoms with van der Waals surface area (Å²) in [5.41, 5.74) is 1.45. The number of nitrogens with one attached hydrogen (secondary N) is 2. The summed E-state index contributed by atoms with van der Waals surface area (Å²) in [6.07, 6.45) is -0.0109. The molecule has 12 heteroatoms. The van der Waals surface area contributed by atoms with Gasteiger partial charge in [0.1, 0.15) is 5.82 Å². The number of aromatic nitrogens is 3. The zero-order valence-electron chi connectivity index (χ0n) is 17.6. The van der Waals surface area contributed by atoms with E-state index in [-0.39, 0.29) is 24.0 Å². The summed E-state index contributed by atoms with van der Waals surface area (Å²) in [5, 5.41) is 14.8. The van der Waals surface area contributed by atoms with E-state index in [1.165, 1.54) is 18.9 Å². The minimum Gasteiger partial charge on any atom is -0.465 e. The molecule has 2 N–H and O–H groups in total. The molecule has 2 amide bonds. The van der Waals surface area contributed by atoms with Crippen molar-refractivity contribution in [3.8, 4) is 0 Å². The van der Waals surface area contributed by atoms with E-state index in [0.717, 1.165) is 0 Å². The number of anilines is 2. The Morgan fingerprint density at radius 1 is 0.970 bits per heavy atom. The number of methoxy groups -OCH3 is 1. The minimum atomic E-state index is -0.452. The van der Waals surface area contributed by atoms with E-state index in [1.54, 1.807) is 54.1 Å². The molecule has 0 spiro atoms. The maximum atomic E-state index is 12.3. The van der Waals surface area contributed by atoms with Gasteiger partial charge in [-0.3, -0.25) is 9.59 Å². The molecule has 1 heterocycles. The standard InChI is InChI=1S/C21H19Cl2N5O4S/c1-28-17(10-18(29)25-14-7-8-15(22)16(23)9-14)26-27-21(28)33-11-19(30)24-13-5-3-12(4-6-13)20(31)32-2/h3-9H,10-11H2,1-2H3,(H,24,30)(H,25,29). The molecule has 2 aromatic carbocycles. The highest BCUT2D eigenvalue weighted by Crippen LogP contribution is 2.25. The zero-order valence-corrected chi connectivity index (χ0v) is 19.9. The van der Waals surface area contributed by atoms with Crippen LogP contribution in [0.1, 0.15) is 16.2 Å². The minimum absolute atomic E-state index is 0.0109. The van der Waals surface area contributed by atoms with Crippen LogP contribution in [0.4, 0.5) is 11.4 Å². The molecule has 0 saturated carbocycles. The van der Waals surface area contributed by atoms with Gasteiger partial charge in [0.05, 0.1) is 34.9 Å². The second kappa shape index (κ2) is 11.2. The smallest absolute Gasteiger partial charge is 0.337 e. The summed E-state index contributed by atoms with van der Waals surface area (Å²) in [5.74, 6) is -0.484. The molecule has 1 aromatic heterocycles. The van der Waals surface area contributed by atoms with Crippen LogP contribution in [0.25, 0.3) is 0 Å². The number of carbonyl (C=O) groups excluding carboxylic acids is 3. The van der Waals surface area contributed by atoms with E-state index in [1.807, 2.05) is 0 Å². The lowest BCUT2D eigenvalue weighted by molar-refractivity contribution is -0.116. The lowest BCUT2D eigenvalue weighted by atomic mass is 10.2. The van der Waals surface area contributed by atoms with Crippen LogP contribution >= 0.6 is 35.0 Å². The number of amides is 2. The van der Waals surface area contributed by atoms with Crippen molar-refractivity contribution in [2.75, 3.05) is 23.5 Å². The van der Waals surface area contributed by atoms with E-state index < -0.39 is 5.97 Å². The predicted octanol–water partition coefficient (Wildman–Crippen LogP) is 3.82. The summed E-state index contributed by atoms with van der Waals surface area (Å²) in [7, 11) is 3.02. The normalized spacial score (nSPS) is 10.5. The van der Waals surface area contributed by atoms with Crippen LogP contribution in [0.3, 0.4) is 0 Å². The Kier molecular flexibility index (Phi) is 8.32. The van der Waals surface area contributed by atoms with Gasteiger partial charge in [-0.05, 0) is 42.5 Å². The summed E-state index contributed by atoms with van der Waals surface area (Å²) in [6, 6.07) is 11.1. The molecular formula is C21H19Cl2N5O4S. The Labute approximate surface area is 203 Å². The number of carbonyl (C=O) groups is 3. The second-order valence-corrected chi connectivity index (χ2v) is 8.47. The lowest BCUT2D eigenvalue weighted by Gasteiger charge is -2.07. The number of hydrogen-bond acceptors (Lipinski definition) is 7. The number of nitrogens with zero attached hydrogens (tertiary/aromatic N) is 3. The summed E-state index contributed by atoms with van der Waals surface area (Å²) < 4.78 is 6.29. The van der Waals surface area contributed by atoms with Crippen LogP contribution in [-0.4, -0.2) is 45.4 Å². The number of esters is 1. The van der Waals surface area contributed by atoms with Crippen molar-refractivity contribution < 1.29 is 19.1 Å². The van der Waals surface area contributed by atoms with Crippen molar-refractivity contribution in [3.63, 3.8) is 0 Å². The third kappa shape index (κ3) is 6.70. The lowest BCUT2D eigenvalue weighted by Crippen LogP contribution is -2.17. The molecule has 172 valence electrons. The SMILES string of the molecule is COC(=O)c1ccc(NC(=O)CSc2nnc(CC(=O)Nc3ccc(Cl)c(Cl)c3)n2C)cc1. The number of hydrogen-bond donors (Lipinski definition) is 2. The van der Waals surface area contributed by atoms with Crippen molar-refractivity contribution in [2.45, 2.75) is 11.6 Å². The monoisotopic (exact) mass is 507 g/mol. The van der Waals surface area contributed by atoms with Gasteiger partial charge in [-0.15, -0.1) is 10.2 Å². The van der Waals surface area contributed by atoms with Crippen molar-refractivity contribution >= 4 is 64.1 Å². The zero-order chi connectivity index (χ0) is 24.0. The van der Waals surface area contributed by atoms with Gasteiger partial charge >= 0.3 is 5.97 Å². The van der Waals surface area contributed by atoms with E-state index in [0.29, 0.717) is 38.0 Å². The summed E-state index contributed by atoms with van der Waals surface area (Å²) in [6.45, 7) is 0. The highest BCUT2D eigenvalue weighted by Gasteiger charge is 2.15. The van der Waals surface area contributed by atoms with Gasteiger partial charge in [0.15, 0.2) is 5.16 Å². The molecule has 0 radical (unpaired) electrons. The van der Waals surface area contributed by atoms with Gasteiger partial charge in [0, 0.05) is 18.4 Å². The average Bonchev–Trinajstić information content (AvgIpc) is 3.13. The first-order valence-electron chi connectivity index (χ1n) is 9.51. The van der Waals surface area contributed by atoms with E-state index in [4.69, 9.17) is 23.2 Å². The largest absolute Gasteiger partial charge is 0.465 e. The molecule has 0 saturated heterocycles. The molecular weight excluding hydrogens is 489 g/mol. The van der Waals surface area contributed by atoms with Gasteiger partial charge in [-0.1, -0.05) is 35.0 Å². The molecule has 0 atom stereocenters. The van der Waals surface area contributed by atoms with Gasteiger partial charge in [-0.2, -0.15) is 0 Å². The third-order valence-corrected chi connectivity index (χ3v) is 6.13. The Hall–Kier alpha value is -3.08. The molecule has 0 aliphatic rings. The van der Waals surface area contributed by atoms with E-state index in [9.17, 15) is 14.4 Å². The Balaban J connectivity index is 1.51. The van der Waals surface area contributed by atoms with Gasteiger partial charge in [0.2, 0.25) is 11.8 Å². The van der Waals surface area contributed by atoms with Crippen molar-refractivity contribution in [1.82, 2.24) is 14.8 Å². The first kappa shape index (κ1) is 24.6. The predicted molar refractivity (Wildman–Crippen MR) is 127 cm³/mol. The topological polar surface area (TPSA) is 115 Å². The van der Waals surface area contributed by atoms with Crippen molar-refractivity contribution in [3.05, 3.63) is 63.9 Å². The Morgan fingerprint density at radius 2 is 1.64 bits per heavy atom. The van der Waals surface area contributed by atoms with Crippen molar-refractivity contribution in [1.29, 1.82) is 0 Å². The Bertz CT molecular complexity index is 1180. The maximum absolute atomic E-state index is 12.3. The van der Waals surface area contributed by atoms with Crippen LogP contribution in [0, 0.1) is 0 Å². The highest BCUT2D eigenvalue weighted by molar-refractivity contribution is 7.99. The Morgan fingerprint density at radius 3 is 2.30 bits per heavy atom. The van der Waals surface area contributed by atoms with Crippen LogP contribution in [-0.2, 0) is 27.8 Å². The fourth-order valence-electron chi connectivity index (χ4n) is 2.68. The maximum Gasteiger partial charge on any atom is 0.337 e. The number of halogens is 2. The van der Waals surface area contributed by atoms with Crippen LogP contribution in [0.5, 0.6) is 0 Å². The molecule has 0 aliphatic heterocycles. The van der Waals surface area contributed by atoms with Gasteiger partial charge < -0.3 is 19.9 Å². The molecule has 0 unspecified atom stereocenters. The number of ether oxygens (including phenoxy) is 1. The third-order valence-electron chi connectivity index (χ3n) is 4.37. The fraction of sp³-hybridized carbons (Fsp3) is 0.190. The fourth-order valence-corrected chi connectivity index (χ4v) is 3.71. The van der Waals surface area contributed by atoms with Crippen LogP contribution in [0.15, 0.2) is 47.6 Å². The summed E-state index contributed by atoms with van der Waals surface area (Å²) in [4.78, 5) is 36.0. The number of thioether (sulfide) groups is 1. The second-order valence-electron chi connectivity index (χ2n) is 6.72. The van der Waals surface area contributed by atoms with Crippen molar-refractivity contribution in [2.24, 2.45) is 7.05 Å². The molecule has 3 rings (SSSR count). The first-order valence-corrected chi connectivity index (χ1v) is 11.2. The molecule has 3 aromatic rings. The average molecular weight is 508 g/mol. The first-order chi connectivity index (χ1) is 15.8. The van der Waals surface area contributed by atoms with Crippen LogP contribution < -0.4 is 10.6 Å². The van der Waals surface area contributed by atoms with E-state index in [2.05, 4.69) is 25.6 Å². The summed E-state index contributed by atoms with van der Waals surface area (Å²) >= 11 is 13.0. The number of benzene rings is 2. The highest BCUT2D eigenvalue weighted by atomic mass is 35.5. The molecule has 9 nitrogen and oxygen atoms in total. The number of rotatable bonds is 8. The molecule has 33 heavy (non-hydrogen) atoms.